The number of amides is 1. The average molecular weight is 452 g/mol. The molecule has 30 heavy (non-hydrogen) atoms. The minimum atomic E-state index is -0.550. The van der Waals surface area contributed by atoms with Crippen molar-refractivity contribution in [3.8, 4) is 5.75 Å². The van der Waals surface area contributed by atoms with Gasteiger partial charge in [0, 0.05) is 11.4 Å². The van der Waals surface area contributed by atoms with Crippen LogP contribution in [0.4, 0.5) is 5.00 Å². The molecule has 0 aliphatic carbocycles. The summed E-state index contributed by atoms with van der Waals surface area (Å²) in [4.78, 5) is 36.9. The molecular weight excluding hydrogens is 426 g/mol. The number of Topliss-reactive ketones (excluding diaryl/α,β-unsaturated/α-hetero) is 1. The van der Waals surface area contributed by atoms with Gasteiger partial charge in [0.15, 0.2) is 5.78 Å². The second-order valence-corrected chi connectivity index (χ2v) is 8.31. The van der Waals surface area contributed by atoms with Gasteiger partial charge in [-0.05, 0) is 69.9 Å². The zero-order chi connectivity index (χ0) is 22.4. The fraction of sp³-hybridized carbons (Fsp3) is 0.409. The van der Waals surface area contributed by atoms with Gasteiger partial charge in [0.2, 0.25) is 5.91 Å². The Balaban J connectivity index is 1.98. The molecule has 0 aliphatic heterocycles. The van der Waals surface area contributed by atoms with Gasteiger partial charge in [-0.15, -0.1) is 11.3 Å². The molecule has 1 aromatic carbocycles. The molecule has 0 radical (unpaired) electrons. The van der Waals surface area contributed by atoms with Crippen molar-refractivity contribution in [3.63, 3.8) is 0 Å². The Labute approximate surface area is 185 Å². The van der Waals surface area contributed by atoms with Crippen LogP contribution in [0, 0.1) is 20.8 Å². The predicted octanol–water partition coefficient (Wildman–Crippen LogP) is 5.50. The molecule has 2 aromatic rings. The average Bonchev–Trinajstić information content (AvgIpc) is 2.99. The molecule has 1 heterocycles. The number of rotatable bonds is 9. The molecule has 0 fully saturated rings. The molecule has 6 nitrogen and oxygen atoms in total. The highest BCUT2D eigenvalue weighted by Gasteiger charge is 2.25. The van der Waals surface area contributed by atoms with Crippen LogP contribution < -0.4 is 10.1 Å². The maximum absolute atomic E-state index is 12.4. The van der Waals surface area contributed by atoms with Crippen LogP contribution in [0.5, 0.6) is 5.75 Å². The largest absolute Gasteiger partial charge is 0.494 e. The molecule has 0 saturated carbocycles. The van der Waals surface area contributed by atoms with E-state index in [9.17, 15) is 14.4 Å². The smallest absolute Gasteiger partial charge is 0.341 e. The minimum Gasteiger partial charge on any atom is -0.494 e. The fourth-order valence-electron chi connectivity index (χ4n) is 2.99. The first-order chi connectivity index (χ1) is 14.1. The first kappa shape index (κ1) is 23.9. The Bertz CT molecular complexity index is 944. The summed E-state index contributed by atoms with van der Waals surface area (Å²) in [5.74, 6) is -0.264. The van der Waals surface area contributed by atoms with E-state index in [1.165, 1.54) is 6.92 Å². The number of nitrogens with one attached hydrogen (secondary N) is 1. The monoisotopic (exact) mass is 451 g/mol. The Kier molecular flexibility index (Phi) is 8.43. The number of carbonyl (C=O) groups excluding carboxylic acids is 3. The lowest BCUT2D eigenvalue weighted by Gasteiger charge is -2.10. The zero-order valence-electron chi connectivity index (χ0n) is 17.8. The van der Waals surface area contributed by atoms with Crippen LogP contribution in [-0.4, -0.2) is 30.9 Å². The van der Waals surface area contributed by atoms with Gasteiger partial charge in [-0.1, -0.05) is 11.6 Å². The first-order valence-corrected chi connectivity index (χ1v) is 10.9. The summed E-state index contributed by atoms with van der Waals surface area (Å²) in [7, 11) is 0. The van der Waals surface area contributed by atoms with Crippen molar-refractivity contribution >= 4 is 45.6 Å². The molecule has 0 bridgehead atoms. The van der Waals surface area contributed by atoms with Gasteiger partial charge < -0.3 is 14.8 Å². The maximum Gasteiger partial charge on any atom is 0.341 e. The maximum atomic E-state index is 12.4. The SMILES string of the molecule is CCOC(=O)c1c(NC(=O)CCCOc2cc(C)c(Cl)c(C)c2)sc(C(C)=O)c1C. The molecule has 0 unspecified atom stereocenters. The molecule has 0 saturated heterocycles. The number of aryl methyl sites for hydroxylation is 2. The van der Waals surface area contributed by atoms with Crippen LogP contribution in [0.15, 0.2) is 12.1 Å². The van der Waals surface area contributed by atoms with Gasteiger partial charge in [0.05, 0.1) is 23.7 Å². The molecule has 0 aliphatic rings. The van der Waals surface area contributed by atoms with Crippen LogP contribution in [0.2, 0.25) is 5.02 Å². The van der Waals surface area contributed by atoms with Gasteiger partial charge in [-0.25, -0.2) is 4.79 Å². The zero-order valence-corrected chi connectivity index (χ0v) is 19.4. The molecule has 1 aromatic heterocycles. The number of carbonyl (C=O) groups is 3. The highest BCUT2D eigenvalue weighted by atomic mass is 35.5. The van der Waals surface area contributed by atoms with Crippen LogP contribution in [0.3, 0.4) is 0 Å². The Morgan fingerprint density at radius 2 is 1.77 bits per heavy atom. The second kappa shape index (κ2) is 10.6. The van der Waals surface area contributed by atoms with E-state index in [1.807, 2.05) is 26.0 Å². The number of benzene rings is 1. The van der Waals surface area contributed by atoms with Crippen molar-refractivity contribution in [2.24, 2.45) is 0 Å². The lowest BCUT2D eigenvalue weighted by Crippen LogP contribution is -2.15. The lowest BCUT2D eigenvalue weighted by molar-refractivity contribution is -0.116. The number of halogens is 1. The third-order valence-corrected chi connectivity index (χ3v) is 6.33. The van der Waals surface area contributed by atoms with E-state index >= 15 is 0 Å². The summed E-state index contributed by atoms with van der Waals surface area (Å²) in [6.45, 7) is 9.20. The van der Waals surface area contributed by atoms with E-state index in [0.29, 0.717) is 34.2 Å². The Morgan fingerprint density at radius 1 is 1.13 bits per heavy atom. The van der Waals surface area contributed by atoms with E-state index in [0.717, 1.165) is 27.5 Å². The van der Waals surface area contributed by atoms with Gasteiger partial charge in [0.1, 0.15) is 10.8 Å². The lowest BCUT2D eigenvalue weighted by atomic mass is 10.1. The fourth-order valence-corrected chi connectivity index (χ4v) is 4.20. The number of thiophene rings is 1. The Hall–Kier alpha value is -2.38. The third kappa shape index (κ3) is 5.83. The topological polar surface area (TPSA) is 81.7 Å². The van der Waals surface area contributed by atoms with Gasteiger partial charge in [-0.2, -0.15) is 0 Å². The van der Waals surface area contributed by atoms with E-state index < -0.39 is 5.97 Å². The first-order valence-electron chi connectivity index (χ1n) is 9.66. The highest BCUT2D eigenvalue weighted by molar-refractivity contribution is 7.18. The minimum absolute atomic E-state index is 0.162. The highest BCUT2D eigenvalue weighted by Crippen LogP contribution is 2.34. The van der Waals surface area contributed by atoms with E-state index in [1.54, 1.807) is 13.8 Å². The van der Waals surface area contributed by atoms with Crippen LogP contribution in [0.25, 0.3) is 0 Å². The molecule has 1 amide bonds. The van der Waals surface area contributed by atoms with Crippen molar-refractivity contribution in [1.82, 2.24) is 0 Å². The van der Waals surface area contributed by atoms with Gasteiger partial charge in [0.25, 0.3) is 0 Å². The number of esters is 1. The summed E-state index contributed by atoms with van der Waals surface area (Å²) in [5, 5.41) is 3.80. The number of hydrogen-bond donors (Lipinski definition) is 1. The van der Waals surface area contributed by atoms with Crippen molar-refractivity contribution in [1.29, 1.82) is 0 Å². The summed E-state index contributed by atoms with van der Waals surface area (Å²) < 4.78 is 10.8. The normalized spacial score (nSPS) is 10.6. The predicted molar refractivity (Wildman–Crippen MR) is 119 cm³/mol. The van der Waals surface area contributed by atoms with Crippen LogP contribution in [-0.2, 0) is 9.53 Å². The van der Waals surface area contributed by atoms with Crippen molar-refractivity contribution in [3.05, 3.63) is 44.3 Å². The molecule has 0 spiro atoms. The number of ketones is 1. The molecule has 8 heteroatoms. The van der Waals surface area contributed by atoms with Crippen molar-refractivity contribution in [2.75, 3.05) is 18.5 Å². The summed E-state index contributed by atoms with van der Waals surface area (Å²) in [6, 6.07) is 3.72. The van der Waals surface area contributed by atoms with E-state index in [-0.39, 0.29) is 30.3 Å². The molecule has 162 valence electrons. The molecular formula is C22H26ClNO5S. The summed E-state index contributed by atoms with van der Waals surface area (Å²) >= 11 is 7.25. The van der Waals surface area contributed by atoms with Crippen molar-refractivity contribution < 1.29 is 23.9 Å². The third-order valence-electron chi connectivity index (χ3n) is 4.43. The van der Waals surface area contributed by atoms with Crippen molar-refractivity contribution in [2.45, 2.75) is 47.5 Å². The van der Waals surface area contributed by atoms with Gasteiger partial charge in [-0.3, -0.25) is 9.59 Å². The number of ether oxygens (including phenoxy) is 2. The van der Waals surface area contributed by atoms with E-state index in [4.69, 9.17) is 21.1 Å². The standard InChI is InChI=1S/C22H26ClNO5S/c1-6-28-22(27)18-14(4)20(15(5)25)30-21(18)24-17(26)8-7-9-29-16-10-12(2)19(23)13(3)11-16/h10-11H,6-9H2,1-5H3,(H,24,26). The van der Waals surface area contributed by atoms with Crippen LogP contribution in [0.1, 0.15) is 63.4 Å². The summed E-state index contributed by atoms with van der Waals surface area (Å²) in [5.41, 5.74) is 2.64. The second-order valence-electron chi connectivity index (χ2n) is 6.91. The van der Waals surface area contributed by atoms with Crippen LogP contribution >= 0.6 is 22.9 Å². The summed E-state index contributed by atoms with van der Waals surface area (Å²) in [6.07, 6.45) is 0.700. The number of anilines is 1. The van der Waals surface area contributed by atoms with Gasteiger partial charge >= 0.3 is 5.97 Å². The number of hydrogen-bond acceptors (Lipinski definition) is 6. The molecule has 1 N–H and O–H groups in total. The quantitative estimate of drug-likeness (QED) is 0.309. The molecule has 2 rings (SSSR count). The molecule has 0 atom stereocenters. The van der Waals surface area contributed by atoms with E-state index in [2.05, 4.69) is 5.32 Å². The Morgan fingerprint density at radius 3 is 2.33 bits per heavy atom.